The molecule has 0 bridgehead atoms. The van der Waals surface area contributed by atoms with Gasteiger partial charge in [0, 0.05) is 36.5 Å². The first-order valence-electron chi connectivity index (χ1n) is 7.85. The summed E-state index contributed by atoms with van der Waals surface area (Å²) in [5.74, 6) is -1.71. The number of H-pyrrole nitrogens is 1. The minimum absolute atomic E-state index is 0.0340. The fourth-order valence-corrected chi connectivity index (χ4v) is 2.94. The third-order valence-corrected chi connectivity index (χ3v) is 4.16. The van der Waals surface area contributed by atoms with Crippen molar-refractivity contribution >= 4 is 11.9 Å². The smallest absolute Gasteiger partial charge is 0.390 e. The van der Waals surface area contributed by atoms with Crippen LogP contribution in [0.1, 0.15) is 44.3 Å². The molecule has 0 spiro atoms. The molecule has 3 rings (SSSR count). The van der Waals surface area contributed by atoms with E-state index < -0.39 is 25.1 Å². The summed E-state index contributed by atoms with van der Waals surface area (Å²) in [6.07, 6.45) is -5.24. The molecule has 0 fully saturated rings. The third kappa shape index (κ3) is 3.55. The van der Waals surface area contributed by atoms with Crippen molar-refractivity contribution in [1.82, 2.24) is 24.9 Å². The van der Waals surface area contributed by atoms with Crippen molar-refractivity contribution in [3.05, 3.63) is 34.4 Å². The van der Waals surface area contributed by atoms with Crippen LogP contribution in [0.3, 0.4) is 0 Å². The van der Waals surface area contributed by atoms with E-state index in [2.05, 4.69) is 15.3 Å². The van der Waals surface area contributed by atoms with Crippen molar-refractivity contribution in [2.75, 3.05) is 6.54 Å². The summed E-state index contributed by atoms with van der Waals surface area (Å²) in [4.78, 5) is 25.3. The van der Waals surface area contributed by atoms with E-state index in [9.17, 15) is 27.9 Å². The first-order chi connectivity index (χ1) is 12.2. The highest BCUT2D eigenvalue weighted by molar-refractivity contribution is 5.93. The fourth-order valence-electron chi connectivity index (χ4n) is 2.94. The molecule has 2 aromatic heterocycles. The van der Waals surface area contributed by atoms with E-state index >= 15 is 0 Å². The predicted molar refractivity (Wildman–Crippen MR) is 81.6 cm³/mol. The number of halogens is 3. The first-order valence-corrected chi connectivity index (χ1v) is 7.85. The number of carbonyl (C=O) groups is 2. The number of aromatic nitrogens is 4. The highest BCUT2D eigenvalue weighted by Crippen LogP contribution is 2.26. The lowest BCUT2D eigenvalue weighted by Crippen LogP contribution is -2.37. The lowest BCUT2D eigenvalue weighted by Gasteiger charge is -2.27. The van der Waals surface area contributed by atoms with E-state index in [0.29, 0.717) is 11.4 Å². The van der Waals surface area contributed by atoms with Gasteiger partial charge in [-0.3, -0.25) is 14.6 Å². The lowest BCUT2D eigenvalue weighted by molar-refractivity contribution is -0.137. The molecule has 26 heavy (non-hydrogen) atoms. The molecule has 1 aliphatic heterocycles. The predicted octanol–water partition coefficient (Wildman–Crippen LogP) is 1.76. The second-order valence-electron chi connectivity index (χ2n) is 6.08. The number of carboxylic acid groups (broad SMARTS) is 1. The highest BCUT2D eigenvalue weighted by atomic mass is 19.4. The number of carboxylic acids is 1. The molecule has 0 aliphatic carbocycles. The van der Waals surface area contributed by atoms with Crippen LogP contribution in [0.15, 0.2) is 6.07 Å². The van der Waals surface area contributed by atoms with E-state index in [1.165, 1.54) is 4.90 Å². The molecule has 0 saturated heterocycles. The van der Waals surface area contributed by atoms with Gasteiger partial charge < -0.3 is 10.0 Å². The summed E-state index contributed by atoms with van der Waals surface area (Å²) in [6, 6.07) is 1.57. The Kier molecular flexibility index (Phi) is 4.46. The van der Waals surface area contributed by atoms with Crippen molar-refractivity contribution in [2.45, 2.75) is 39.0 Å². The SMILES string of the molecule is Cc1cc(C(=O)N2CCc3c(c(C(=O)O)nn3CCC(F)(F)F)C2)n[nH]1. The van der Waals surface area contributed by atoms with Crippen molar-refractivity contribution in [2.24, 2.45) is 0 Å². The van der Waals surface area contributed by atoms with Crippen molar-refractivity contribution in [3.8, 4) is 0 Å². The van der Waals surface area contributed by atoms with Crippen LogP contribution in [-0.2, 0) is 19.5 Å². The summed E-state index contributed by atoms with van der Waals surface area (Å²) in [6.45, 7) is 1.50. The minimum atomic E-state index is -4.36. The van der Waals surface area contributed by atoms with Gasteiger partial charge in [-0.15, -0.1) is 0 Å². The van der Waals surface area contributed by atoms with Crippen LogP contribution >= 0.6 is 0 Å². The van der Waals surface area contributed by atoms with Crippen LogP contribution < -0.4 is 0 Å². The molecular weight excluding hydrogens is 355 g/mol. The van der Waals surface area contributed by atoms with Crippen LogP contribution in [0.2, 0.25) is 0 Å². The molecule has 0 unspecified atom stereocenters. The van der Waals surface area contributed by atoms with Gasteiger partial charge in [0.05, 0.1) is 13.0 Å². The zero-order valence-corrected chi connectivity index (χ0v) is 13.8. The maximum absolute atomic E-state index is 12.5. The maximum atomic E-state index is 12.5. The Balaban J connectivity index is 1.86. The molecule has 0 saturated carbocycles. The number of hydrogen-bond acceptors (Lipinski definition) is 4. The molecule has 1 amide bonds. The average Bonchev–Trinajstić information content (AvgIpc) is 3.15. The number of fused-ring (bicyclic) bond motifs is 1. The Morgan fingerprint density at radius 3 is 2.69 bits per heavy atom. The molecule has 0 radical (unpaired) electrons. The summed E-state index contributed by atoms with van der Waals surface area (Å²) in [5.41, 5.74) is 1.28. The highest BCUT2D eigenvalue weighted by Gasteiger charge is 2.33. The van der Waals surface area contributed by atoms with E-state index in [4.69, 9.17) is 0 Å². The molecule has 3 heterocycles. The zero-order valence-electron chi connectivity index (χ0n) is 13.8. The Morgan fingerprint density at radius 1 is 1.38 bits per heavy atom. The molecule has 2 N–H and O–H groups in total. The molecule has 8 nitrogen and oxygen atoms in total. The van der Waals surface area contributed by atoms with Crippen molar-refractivity contribution < 1.29 is 27.9 Å². The minimum Gasteiger partial charge on any atom is -0.476 e. The van der Waals surface area contributed by atoms with Gasteiger partial charge in [0.2, 0.25) is 0 Å². The van der Waals surface area contributed by atoms with Gasteiger partial charge in [-0.2, -0.15) is 23.4 Å². The van der Waals surface area contributed by atoms with E-state index in [1.807, 2.05) is 0 Å². The number of aromatic carboxylic acids is 1. The number of alkyl halides is 3. The molecule has 11 heteroatoms. The topological polar surface area (TPSA) is 104 Å². The number of hydrogen-bond donors (Lipinski definition) is 2. The number of amides is 1. The summed E-state index contributed by atoms with van der Waals surface area (Å²) >= 11 is 0. The van der Waals surface area contributed by atoms with Crippen LogP contribution in [-0.4, -0.2) is 54.6 Å². The Bertz CT molecular complexity index is 855. The number of aromatic amines is 1. The van der Waals surface area contributed by atoms with Crippen molar-refractivity contribution in [3.63, 3.8) is 0 Å². The zero-order chi connectivity index (χ0) is 19.1. The van der Waals surface area contributed by atoms with Gasteiger partial charge >= 0.3 is 12.1 Å². The molecule has 0 aromatic carbocycles. The molecular formula is C15H16F3N5O3. The molecule has 1 aliphatic rings. The van der Waals surface area contributed by atoms with Gasteiger partial charge in [-0.05, 0) is 13.0 Å². The molecule has 2 aromatic rings. The number of carbonyl (C=O) groups excluding carboxylic acids is 1. The summed E-state index contributed by atoms with van der Waals surface area (Å²) < 4.78 is 38.5. The second-order valence-corrected chi connectivity index (χ2v) is 6.08. The van der Waals surface area contributed by atoms with Gasteiger partial charge in [0.25, 0.3) is 5.91 Å². The number of aryl methyl sites for hydroxylation is 2. The number of rotatable bonds is 4. The Hall–Kier alpha value is -2.85. The fraction of sp³-hybridized carbons (Fsp3) is 0.467. The second kappa shape index (κ2) is 6.46. The van der Waals surface area contributed by atoms with Gasteiger partial charge in [-0.1, -0.05) is 0 Å². The Labute approximate surface area is 145 Å². The number of nitrogens with zero attached hydrogens (tertiary/aromatic N) is 4. The number of nitrogens with one attached hydrogen (secondary N) is 1. The Morgan fingerprint density at radius 2 is 2.12 bits per heavy atom. The largest absolute Gasteiger partial charge is 0.476 e. The summed E-state index contributed by atoms with van der Waals surface area (Å²) in [5, 5.41) is 19.7. The average molecular weight is 371 g/mol. The summed E-state index contributed by atoms with van der Waals surface area (Å²) in [7, 11) is 0. The quantitative estimate of drug-likeness (QED) is 0.852. The van der Waals surface area contributed by atoms with Crippen LogP contribution in [0.5, 0.6) is 0 Å². The van der Waals surface area contributed by atoms with Crippen molar-refractivity contribution in [1.29, 1.82) is 0 Å². The van der Waals surface area contributed by atoms with Gasteiger partial charge in [0.1, 0.15) is 5.69 Å². The lowest BCUT2D eigenvalue weighted by atomic mass is 10.0. The monoisotopic (exact) mass is 371 g/mol. The van der Waals surface area contributed by atoms with E-state index in [1.54, 1.807) is 13.0 Å². The normalized spacial score (nSPS) is 14.4. The van der Waals surface area contributed by atoms with Gasteiger partial charge in [-0.25, -0.2) is 4.79 Å². The molecule has 0 atom stereocenters. The molecule has 140 valence electrons. The van der Waals surface area contributed by atoms with E-state index in [-0.39, 0.29) is 42.4 Å². The van der Waals surface area contributed by atoms with E-state index in [0.717, 1.165) is 4.68 Å². The maximum Gasteiger partial charge on any atom is 0.390 e. The van der Waals surface area contributed by atoms with Crippen LogP contribution in [0, 0.1) is 6.92 Å². The standard InChI is InChI=1S/C15H16F3N5O3/c1-8-6-10(20-19-8)13(24)22-4-2-11-9(7-22)12(14(25)26)21-23(11)5-3-15(16,17)18/h6H,2-5,7H2,1H3,(H,19,20)(H,25,26). The third-order valence-electron chi connectivity index (χ3n) is 4.16. The van der Waals surface area contributed by atoms with Crippen LogP contribution in [0.4, 0.5) is 13.2 Å². The first kappa shape index (κ1) is 18.0. The van der Waals surface area contributed by atoms with Crippen LogP contribution in [0.25, 0.3) is 0 Å². The van der Waals surface area contributed by atoms with Gasteiger partial charge in [0.15, 0.2) is 5.69 Å².